The second-order valence-corrected chi connectivity index (χ2v) is 4.76. The van der Waals surface area contributed by atoms with Crippen LogP contribution in [0.25, 0.3) is 0 Å². The first-order valence-electron chi connectivity index (χ1n) is 5.86. The molecular weight excluding hydrogens is 192 g/mol. The van der Waals surface area contributed by atoms with Gasteiger partial charge in [-0.3, -0.25) is 4.79 Å². The topological polar surface area (TPSA) is 64.4 Å². The Hall–Kier alpha value is -0.610. The molecule has 0 aromatic heterocycles. The minimum Gasteiger partial charge on any atom is -0.381 e. The standard InChI is InChI=1S/C11H20N2O2/c12-11(4-5-11)10(14)13-6-1-9-2-7-15-8-3-9/h9H,1-8,12H2,(H,13,14). The molecular formula is C11H20N2O2. The van der Waals surface area contributed by atoms with E-state index in [9.17, 15) is 4.79 Å². The molecule has 1 amide bonds. The van der Waals surface area contributed by atoms with Crippen LogP contribution in [0.5, 0.6) is 0 Å². The second kappa shape index (κ2) is 4.49. The molecule has 2 rings (SSSR count). The highest BCUT2D eigenvalue weighted by Crippen LogP contribution is 2.32. The van der Waals surface area contributed by atoms with Crippen molar-refractivity contribution >= 4 is 5.91 Å². The van der Waals surface area contributed by atoms with E-state index in [-0.39, 0.29) is 5.91 Å². The molecule has 0 aromatic rings. The zero-order valence-electron chi connectivity index (χ0n) is 9.13. The van der Waals surface area contributed by atoms with Crippen LogP contribution in [0.1, 0.15) is 32.1 Å². The molecule has 1 aliphatic carbocycles. The van der Waals surface area contributed by atoms with Crippen molar-refractivity contribution in [1.82, 2.24) is 5.32 Å². The first kappa shape index (κ1) is 10.9. The lowest BCUT2D eigenvalue weighted by atomic mass is 9.97. The Labute approximate surface area is 90.5 Å². The van der Waals surface area contributed by atoms with E-state index >= 15 is 0 Å². The van der Waals surface area contributed by atoms with Gasteiger partial charge in [0, 0.05) is 19.8 Å². The lowest BCUT2D eigenvalue weighted by Crippen LogP contribution is -2.43. The van der Waals surface area contributed by atoms with Crippen molar-refractivity contribution in [3.8, 4) is 0 Å². The van der Waals surface area contributed by atoms with Crippen molar-refractivity contribution < 1.29 is 9.53 Å². The van der Waals surface area contributed by atoms with Gasteiger partial charge in [0.25, 0.3) is 0 Å². The molecule has 2 fully saturated rings. The van der Waals surface area contributed by atoms with E-state index in [0.29, 0.717) is 5.92 Å². The second-order valence-electron chi connectivity index (χ2n) is 4.76. The molecule has 2 aliphatic rings. The predicted octanol–water partition coefficient (Wildman–Crippen LogP) is 0.411. The predicted molar refractivity (Wildman–Crippen MR) is 57.3 cm³/mol. The summed E-state index contributed by atoms with van der Waals surface area (Å²) in [5.74, 6) is 0.751. The number of ether oxygens (including phenoxy) is 1. The van der Waals surface area contributed by atoms with Crippen LogP contribution >= 0.6 is 0 Å². The summed E-state index contributed by atoms with van der Waals surface area (Å²) in [7, 11) is 0. The summed E-state index contributed by atoms with van der Waals surface area (Å²) in [5, 5.41) is 2.93. The highest BCUT2D eigenvalue weighted by atomic mass is 16.5. The molecule has 1 saturated carbocycles. The molecule has 1 heterocycles. The normalized spacial score (nSPS) is 24.9. The fraction of sp³-hybridized carbons (Fsp3) is 0.909. The smallest absolute Gasteiger partial charge is 0.240 e. The van der Waals surface area contributed by atoms with E-state index in [2.05, 4.69) is 5.32 Å². The first-order valence-corrected chi connectivity index (χ1v) is 5.86. The van der Waals surface area contributed by atoms with E-state index < -0.39 is 5.54 Å². The number of carbonyl (C=O) groups excluding carboxylic acids is 1. The van der Waals surface area contributed by atoms with Crippen LogP contribution < -0.4 is 11.1 Å². The summed E-state index contributed by atoms with van der Waals surface area (Å²) < 4.78 is 5.28. The molecule has 0 radical (unpaired) electrons. The van der Waals surface area contributed by atoms with E-state index in [0.717, 1.165) is 51.9 Å². The van der Waals surface area contributed by atoms with Gasteiger partial charge >= 0.3 is 0 Å². The minimum atomic E-state index is -0.518. The molecule has 0 aromatic carbocycles. The van der Waals surface area contributed by atoms with Gasteiger partial charge in [-0.2, -0.15) is 0 Å². The van der Waals surface area contributed by atoms with Crippen LogP contribution in [0.4, 0.5) is 0 Å². The molecule has 4 heteroatoms. The van der Waals surface area contributed by atoms with Gasteiger partial charge in [0.1, 0.15) is 0 Å². The monoisotopic (exact) mass is 212 g/mol. The van der Waals surface area contributed by atoms with E-state index in [1.165, 1.54) is 0 Å². The maximum Gasteiger partial charge on any atom is 0.240 e. The zero-order valence-corrected chi connectivity index (χ0v) is 9.13. The molecule has 0 unspecified atom stereocenters. The van der Waals surface area contributed by atoms with E-state index in [1.807, 2.05) is 0 Å². The summed E-state index contributed by atoms with van der Waals surface area (Å²) in [6, 6.07) is 0. The Kier molecular flexibility index (Phi) is 3.26. The van der Waals surface area contributed by atoms with Crippen molar-refractivity contribution in [2.24, 2.45) is 11.7 Å². The maximum atomic E-state index is 11.5. The lowest BCUT2D eigenvalue weighted by molar-refractivity contribution is -0.123. The molecule has 15 heavy (non-hydrogen) atoms. The Morgan fingerprint density at radius 3 is 2.67 bits per heavy atom. The Morgan fingerprint density at radius 2 is 2.07 bits per heavy atom. The van der Waals surface area contributed by atoms with Crippen molar-refractivity contribution in [1.29, 1.82) is 0 Å². The average Bonchev–Trinajstić information content (AvgIpc) is 2.99. The highest BCUT2D eigenvalue weighted by Gasteiger charge is 2.45. The summed E-state index contributed by atoms with van der Waals surface area (Å²) in [5.41, 5.74) is 5.26. The first-order chi connectivity index (χ1) is 7.21. The third-order valence-electron chi connectivity index (χ3n) is 3.42. The SMILES string of the molecule is NC1(C(=O)NCCC2CCOCC2)CC1. The molecule has 1 aliphatic heterocycles. The third kappa shape index (κ3) is 2.92. The highest BCUT2D eigenvalue weighted by molar-refractivity contribution is 5.88. The van der Waals surface area contributed by atoms with Crippen molar-refractivity contribution in [3.05, 3.63) is 0 Å². The van der Waals surface area contributed by atoms with Crippen molar-refractivity contribution in [3.63, 3.8) is 0 Å². The fourth-order valence-corrected chi connectivity index (χ4v) is 1.96. The number of amides is 1. The van der Waals surface area contributed by atoms with Gasteiger partial charge < -0.3 is 15.8 Å². The zero-order chi connectivity index (χ0) is 10.7. The van der Waals surface area contributed by atoms with Crippen LogP contribution in [-0.4, -0.2) is 31.2 Å². The van der Waals surface area contributed by atoms with Crippen LogP contribution in [0, 0.1) is 5.92 Å². The van der Waals surface area contributed by atoms with E-state index in [1.54, 1.807) is 0 Å². The van der Waals surface area contributed by atoms with Crippen molar-refractivity contribution in [2.75, 3.05) is 19.8 Å². The Bertz CT molecular complexity index is 233. The largest absolute Gasteiger partial charge is 0.381 e. The number of hydrogen-bond donors (Lipinski definition) is 2. The fourth-order valence-electron chi connectivity index (χ4n) is 1.96. The summed E-state index contributed by atoms with van der Waals surface area (Å²) in [4.78, 5) is 11.5. The summed E-state index contributed by atoms with van der Waals surface area (Å²) >= 11 is 0. The Balaban J connectivity index is 1.59. The van der Waals surface area contributed by atoms with Gasteiger partial charge in [-0.15, -0.1) is 0 Å². The third-order valence-corrected chi connectivity index (χ3v) is 3.42. The quantitative estimate of drug-likeness (QED) is 0.709. The van der Waals surface area contributed by atoms with Gasteiger partial charge in [-0.05, 0) is 38.0 Å². The van der Waals surface area contributed by atoms with Crippen LogP contribution in [0.2, 0.25) is 0 Å². The molecule has 3 N–H and O–H groups in total. The molecule has 0 atom stereocenters. The molecule has 86 valence electrons. The molecule has 0 bridgehead atoms. The number of nitrogens with two attached hydrogens (primary N) is 1. The number of carbonyl (C=O) groups is 1. The average molecular weight is 212 g/mol. The van der Waals surface area contributed by atoms with Gasteiger partial charge in [0.15, 0.2) is 0 Å². The van der Waals surface area contributed by atoms with Gasteiger partial charge in [-0.25, -0.2) is 0 Å². The lowest BCUT2D eigenvalue weighted by Gasteiger charge is -2.22. The van der Waals surface area contributed by atoms with Crippen molar-refractivity contribution in [2.45, 2.75) is 37.6 Å². The van der Waals surface area contributed by atoms with Crippen LogP contribution in [0.3, 0.4) is 0 Å². The summed E-state index contributed by atoms with van der Waals surface area (Å²) in [6.45, 7) is 2.52. The van der Waals surface area contributed by atoms with Gasteiger partial charge in [0.05, 0.1) is 5.54 Å². The molecule has 1 saturated heterocycles. The molecule has 4 nitrogen and oxygen atoms in total. The minimum absolute atomic E-state index is 0.0366. The number of rotatable bonds is 4. The summed E-state index contributed by atoms with van der Waals surface area (Å²) in [6.07, 6.45) is 5.00. The van der Waals surface area contributed by atoms with Gasteiger partial charge in [0.2, 0.25) is 5.91 Å². The molecule has 0 spiro atoms. The van der Waals surface area contributed by atoms with E-state index in [4.69, 9.17) is 10.5 Å². The number of hydrogen-bond acceptors (Lipinski definition) is 3. The van der Waals surface area contributed by atoms with Crippen LogP contribution in [-0.2, 0) is 9.53 Å². The maximum absolute atomic E-state index is 11.5. The number of nitrogens with one attached hydrogen (secondary N) is 1. The van der Waals surface area contributed by atoms with Crippen LogP contribution in [0.15, 0.2) is 0 Å². The van der Waals surface area contributed by atoms with Gasteiger partial charge in [-0.1, -0.05) is 0 Å². The Morgan fingerprint density at radius 1 is 1.40 bits per heavy atom.